The maximum atomic E-state index is 12.1. The van der Waals surface area contributed by atoms with Crippen molar-refractivity contribution in [2.24, 2.45) is 5.73 Å². The molecule has 0 fully saturated rings. The molecule has 0 spiro atoms. The Kier molecular flexibility index (Phi) is 7.69. The van der Waals surface area contributed by atoms with Gasteiger partial charge in [-0.25, -0.2) is 0 Å². The van der Waals surface area contributed by atoms with E-state index in [-0.39, 0.29) is 25.5 Å². The van der Waals surface area contributed by atoms with E-state index in [2.05, 4.69) is 12.2 Å². The number of benzene rings is 1. The van der Waals surface area contributed by atoms with Crippen molar-refractivity contribution in [1.29, 1.82) is 0 Å². The van der Waals surface area contributed by atoms with Crippen molar-refractivity contribution < 1.29 is 14.0 Å². The van der Waals surface area contributed by atoms with Crippen molar-refractivity contribution in [3.05, 3.63) is 47.2 Å². The molecule has 0 radical (unpaired) electrons. The fourth-order valence-corrected chi connectivity index (χ4v) is 2.63. The zero-order valence-corrected chi connectivity index (χ0v) is 15.6. The third kappa shape index (κ3) is 6.54. The van der Waals surface area contributed by atoms with E-state index in [0.717, 1.165) is 18.4 Å². The fraction of sp³-hybridized carbons (Fsp3) is 0.368. The van der Waals surface area contributed by atoms with Crippen LogP contribution in [0.4, 0.5) is 0 Å². The lowest BCUT2D eigenvalue weighted by atomic mass is 10.2. The Morgan fingerprint density at radius 1 is 1.15 bits per heavy atom. The van der Waals surface area contributed by atoms with Crippen LogP contribution in [-0.4, -0.2) is 36.3 Å². The predicted molar refractivity (Wildman–Crippen MR) is 102 cm³/mol. The first-order valence-corrected chi connectivity index (χ1v) is 8.97. The maximum absolute atomic E-state index is 12.1. The monoisotopic (exact) mass is 377 g/mol. The van der Waals surface area contributed by atoms with Crippen molar-refractivity contribution >= 4 is 23.4 Å². The summed E-state index contributed by atoms with van der Waals surface area (Å²) in [4.78, 5) is 25.0. The predicted octanol–water partition coefficient (Wildman–Crippen LogP) is 2.80. The molecule has 0 unspecified atom stereocenters. The van der Waals surface area contributed by atoms with Crippen molar-refractivity contribution in [2.45, 2.75) is 26.3 Å². The number of amides is 2. The lowest BCUT2D eigenvalue weighted by Gasteiger charge is -2.19. The number of unbranched alkanes of at least 4 members (excludes halogenated alkanes) is 1. The highest BCUT2D eigenvalue weighted by molar-refractivity contribution is 6.30. The highest BCUT2D eigenvalue weighted by Crippen LogP contribution is 2.23. The van der Waals surface area contributed by atoms with Crippen LogP contribution in [-0.2, 0) is 16.1 Å². The van der Waals surface area contributed by atoms with Gasteiger partial charge in [0.1, 0.15) is 11.5 Å². The highest BCUT2D eigenvalue weighted by Gasteiger charge is 2.13. The largest absolute Gasteiger partial charge is 0.459 e. The summed E-state index contributed by atoms with van der Waals surface area (Å²) in [6, 6.07) is 11.0. The van der Waals surface area contributed by atoms with Gasteiger partial charge in [-0.2, -0.15) is 0 Å². The molecule has 0 aliphatic rings. The minimum atomic E-state index is -0.437. The van der Waals surface area contributed by atoms with Gasteiger partial charge in [-0.05, 0) is 49.4 Å². The molecule has 1 aromatic heterocycles. The molecular weight excluding hydrogens is 354 g/mol. The zero-order valence-electron chi connectivity index (χ0n) is 14.8. The first-order chi connectivity index (χ1) is 12.5. The number of carbonyl (C=O) groups excluding carboxylic acids is 2. The van der Waals surface area contributed by atoms with Gasteiger partial charge in [-0.1, -0.05) is 24.9 Å². The second kappa shape index (κ2) is 9.99. The standard InChI is InChI=1S/C19H24ClN3O3/c1-2-3-10-23(12-18(21)24)13-19(25)22-11-16-8-9-17(26-16)14-4-6-15(20)7-5-14/h4-9H,2-3,10-13H2,1H3,(H2,21,24)(H,22,25). The van der Waals surface area contributed by atoms with Crippen LogP contribution in [0.3, 0.4) is 0 Å². The van der Waals surface area contributed by atoms with Crippen LogP contribution < -0.4 is 11.1 Å². The van der Waals surface area contributed by atoms with Gasteiger partial charge in [-0.15, -0.1) is 0 Å². The SMILES string of the molecule is CCCCN(CC(N)=O)CC(=O)NCc1ccc(-c2ccc(Cl)cc2)o1. The lowest BCUT2D eigenvalue weighted by Crippen LogP contribution is -2.41. The molecule has 2 aromatic rings. The quantitative estimate of drug-likeness (QED) is 0.666. The molecule has 0 aliphatic heterocycles. The number of nitrogens with zero attached hydrogens (tertiary/aromatic N) is 1. The number of primary amides is 1. The van der Waals surface area contributed by atoms with Crippen molar-refractivity contribution in [2.75, 3.05) is 19.6 Å². The van der Waals surface area contributed by atoms with E-state index in [1.54, 1.807) is 17.0 Å². The second-order valence-corrected chi connectivity index (χ2v) is 6.52. The summed E-state index contributed by atoms with van der Waals surface area (Å²) in [7, 11) is 0. The third-order valence-electron chi connectivity index (χ3n) is 3.82. The van der Waals surface area contributed by atoms with Gasteiger partial charge in [0.2, 0.25) is 11.8 Å². The molecule has 1 aromatic carbocycles. The molecule has 1 heterocycles. The molecule has 26 heavy (non-hydrogen) atoms. The first-order valence-electron chi connectivity index (χ1n) is 8.60. The molecule has 0 saturated heterocycles. The Morgan fingerprint density at radius 2 is 1.88 bits per heavy atom. The summed E-state index contributed by atoms with van der Waals surface area (Å²) in [5.74, 6) is 0.752. The van der Waals surface area contributed by atoms with Crippen LogP contribution in [0.2, 0.25) is 5.02 Å². The van der Waals surface area contributed by atoms with Crippen LogP contribution >= 0.6 is 11.6 Å². The average Bonchev–Trinajstić information content (AvgIpc) is 3.07. The van der Waals surface area contributed by atoms with Crippen molar-refractivity contribution in [3.63, 3.8) is 0 Å². The normalized spacial score (nSPS) is 10.9. The molecule has 2 amide bonds. The number of carbonyl (C=O) groups is 2. The van der Waals surface area contributed by atoms with Gasteiger partial charge in [0, 0.05) is 10.6 Å². The van der Waals surface area contributed by atoms with Crippen LogP contribution in [0.5, 0.6) is 0 Å². The molecule has 140 valence electrons. The van der Waals surface area contributed by atoms with E-state index >= 15 is 0 Å². The molecule has 3 N–H and O–H groups in total. The highest BCUT2D eigenvalue weighted by atomic mass is 35.5. The third-order valence-corrected chi connectivity index (χ3v) is 4.08. The van der Waals surface area contributed by atoms with Gasteiger partial charge < -0.3 is 15.5 Å². The van der Waals surface area contributed by atoms with Crippen LogP contribution in [0.15, 0.2) is 40.8 Å². The lowest BCUT2D eigenvalue weighted by molar-refractivity contribution is -0.124. The summed E-state index contributed by atoms with van der Waals surface area (Å²) < 4.78 is 5.75. The number of furan rings is 1. The fourth-order valence-electron chi connectivity index (χ4n) is 2.50. The average molecular weight is 378 g/mol. The van der Waals surface area contributed by atoms with Gasteiger partial charge in [0.05, 0.1) is 19.6 Å². The number of hydrogen-bond acceptors (Lipinski definition) is 4. The molecule has 0 aliphatic carbocycles. The van der Waals surface area contributed by atoms with Gasteiger partial charge >= 0.3 is 0 Å². The molecular formula is C19H24ClN3O3. The number of halogens is 1. The van der Waals surface area contributed by atoms with Crippen molar-refractivity contribution in [3.8, 4) is 11.3 Å². The zero-order chi connectivity index (χ0) is 18.9. The summed E-state index contributed by atoms with van der Waals surface area (Å²) in [5.41, 5.74) is 6.15. The number of rotatable bonds is 10. The van der Waals surface area contributed by atoms with E-state index in [1.807, 2.05) is 24.3 Å². The molecule has 7 heteroatoms. The Balaban J connectivity index is 1.86. The number of hydrogen-bond donors (Lipinski definition) is 2. The van der Waals surface area contributed by atoms with E-state index < -0.39 is 5.91 Å². The van der Waals surface area contributed by atoms with E-state index in [1.165, 1.54) is 0 Å². The minimum Gasteiger partial charge on any atom is -0.459 e. The molecule has 0 bridgehead atoms. The minimum absolute atomic E-state index is 0.0783. The Morgan fingerprint density at radius 3 is 2.54 bits per heavy atom. The van der Waals surface area contributed by atoms with E-state index in [4.69, 9.17) is 21.8 Å². The molecule has 0 saturated carbocycles. The van der Waals surface area contributed by atoms with Gasteiger partial charge in [-0.3, -0.25) is 14.5 Å². The molecule has 2 rings (SSSR count). The summed E-state index contributed by atoms with van der Waals surface area (Å²) in [5, 5.41) is 3.47. The topological polar surface area (TPSA) is 88.6 Å². The van der Waals surface area contributed by atoms with Crippen LogP contribution in [0, 0.1) is 0 Å². The Bertz CT molecular complexity index is 728. The number of nitrogens with one attached hydrogen (secondary N) is 1. The maximum Gasteiger partial charge on any atom is 0.234 e. The first kappa shape index (κ1) is 20.0. The van der Waals surface area contributed by atoms with Crippen LogP contribution in [0.1, 0.15) is 25.5 Å². The Hall–Kier alpha value is -2.31. The van der Waals surface area contributed by atoms with E-state index in [0.29, 0.717) is 23.1 Å². The summed E-state index contributed by atoms with van der Waals surface area (Å²) in [6.45, 7) is 3.21. The Labute approximate surface area is 158 Å². The van der Waals surface area contributed by atoms with Gasteiger partial charge in [0.25, 0.3) is 0 Å². The number of nitrogens with two attached hydrogens (primary N) is 1. The van der Waals surface area contributed by atoms with Crippen molar-refractivity contribution in [1.82, 2.24) is 10.2 Å². The summed E-state index contributed by atoms with van der Waals surface area (Å²) >= 11 is 5.88. The van der Waals surface area contributed by atoms with Gasteiger partial charge in [0.15, 0.2) is 0 Å². The molecule has 0 atom stereocenters. The molecule has 6 nitrogen and oxygen atoms in total. The smallest absolute Gasteiger partial charge is 0.234 e. The second-order valence-electron chi connectivity index (χ2n) is 6.08. The van der Waals surface area contributed by atoms with Crippen LogP contribution in [0.25, 0.3) is 11.3 Å². The van der Waals surface area contributed by atoms with E-state index in [9.17, 15) is 9.59 Å². The summed E-state index contributed by atoms with van der Waals surface area (Å²) in [6.07, 6.45) is 1.89.